The fourth-order valence-electron chi connectivity index (χ4n) is 3.33. The highest BCUT2D eigenvalue weighted by Gasteiger charge is 2.10. The van der Waals surface area contributed by atoms with E-state index in [9.17, 15) is 8.78 Å². The van der Waals surface area contributed by atoms with Gasteiger partial charge in [-0.3, -0.25) is 0 Å². The molecule has 170 valence electrons. The van der Waals surface area contributed by atoms with E-state index in [1.807, 2.05) is 44.3 Å². The predicted octanol–water partition coefficient (Wildman–Crippen LogP) is 4.14. The lowest BCUT2D eigenvalue weighted by molar-refractivity contribution is -0.0504. The Kier molecular flexibility index (Phi) is 8.60. The number of alkyl halides is 2. The zero-order chi connectivity index (χ0) is 22.8. The van der Waals surface area contributed by atoms with Gasteiger partial charge in [0.05, 0.1) is 6.54 Å². The number of aryl methyl sites for hydroxylation is 1. The Morgan fingerprint density at radius 2 is 1.97 bits per heavy atom. The number of halogens is 2. The Morgan fingerprint density at radius 1 is 1.16 bits per heavy atom. The number of hydrogen-bond acceptors (Lipinski definition) is 3. The van der Waals surface area contributed by atoms with Gasteiger partial charge in [-0.25, -0.2) is 9.98 Å². The van der Waals surface area contributed by atoms with Crippen molar-refractivity contribution in [2.45, 2.75) is 40.0 Å². The third-order valence-corrected chi connectivity index (χ3v) is 4.82. The molecular weight excluding hydrogens is 412 g/mol. The van der Waals surface area contributed by atoms with Crippen LogP contribution in [0.15, 0.2) is 65.9 Å². The van der Waals surface area contributed by atoms with E-state index in [1.54, 1.807) is 18.3 Å². The summed E-state index contributed by atoms with van der Waals surface area (Å²) in [4.78, 5) is 9.02. The molecule has 3 rings (SSSR count). The molecule has 0 saturated carbocycles. The number of benzene rings is 2. The SMILES string of the molecule is CCNC(=NCc1cc(C)ccc1OC(F)F)NCCc1nccn1Cc1ccccc1. The van der Waals surface area contributed by atoms with E-state index < -0.39 is 6.61 Å². The van der Waals surface area contributed by atoms with Gasteiger partial charge in [0.15, 0.2) is 5.96 Å². The fraction of sp³-hybridized carbons (Fsp3) is 0.333. The molecular formula is C24H29F2N5O. The van der Waals surface area contributed by atoms with Crippen molar-refractivity contribution in [3.8, 4) is 5.75 Å². The van der Waals surface area contributed by atoms with Crippen LogP contribution in [0, 0.1) is 6.92 Å². The molecule has 0 aliphatic rings. The predicted molar refractivity (Wildman–Crippen MR) is 122 cm³/mol. The largest absolute Gasteiger partial charge is 0.434 e. The second-order valence-electron chi connectivity index (χ2n) is 7.32. The normalized spacial score (nSPS) is 11.6. The molecule has 2 N–H and O–H groups in total. The Hall–Kier alpha value is -3.42. The number of imidazole rings is 1. The second-order valence-corrected chi connectivity index (χ2v) is 7.32. The number of guanidine groups is 1. The highest BCUT2D eigenvalue weighted by atomic mass is 19.3. The molecule has 32 heavy (non-hydrogen) atoms. The van der Waals surface area contributed by atoms with Crippen LogP contribution in [0.2, 0.25) is 0 Å². The number of aromatic nitrogens is 2. The minimum Gasteiger partial charge on any atom is -0.434 e. The topological polar surface area (TPSA) is 63.5 Å². The van der Waals surface area contributed by atoms with E-state index >= 15 is 0 Å². The van der Waals surface area contributed by atoms with Gasteiger partial charge in [0.25, 0.3) is 0 Å². The first kappa shape index (κ1) is 23.2. The molecule has 0 unspecified atom stereocenters. The molecule has 0 aliphatic carbocycles. The van der Waals surface area contributed by atoms with Gasteiger partial charge in [0.1, 0.15) is 11.6 Å². The lowest BCUT2D eigenvalue weighted by Gasteiger charge is -2.14. The first-order chi connectivity index (χ1) is 15.5. The van der Waals surface area contributed by atoms with Gasteiger partial charge in [0, 0.05) is 44.0 Å². The van der Waals surface area contributed by atoms with Crippen LogP contribution < -0.4 is 15.4 Å². The van der Waals surface area contributed by atoms with E-state index in [4.69, 9.17) is 0 Å². The van der Waals surface area contributed by atoms with Crippen LogP contribution >= 0.6 is 0 Å². The smallest absolute Gasteiger partial charge is 0.387 e. The minimum atomic E-state index is -2.87. The molecule has 8 heteroatoms. The second kappa shape index (κ2) is 11.8. The van der Waals surface area contributed by atoms with Crippen molar-refractivity contribution >= 4 is 5.96 Å². The molecule has 1 aromatic heterocycles. The van der Waals surface area contributed by atoms with E-state index in [0.717, 1.165) is 17.9 Å². The van der Waals surface area contributed by atoms with Crippen LogP contribution in [0.25, 0.3) is 0 Å². The lowest BCUT2D eigenvalue weighted by atomic mass is 10.1. The molecule has 0 bridgehead atoms. The Labute approximate surface area is 187 Å². The highest BCUT2D eigenvalue weighted by Crippen LogP contribution is 2.22. The first-order valence-electron chi connectivity index (χ1n) is 10.7. The molecule has 6 nitrogen and oxygen atoms in total. The summed E-state index contributed by atoms with van der Waals surface area (Å²) in [6.07, 6.45) is 4.50. The van der Waals surface area contributed by atoms with E-state index in [2.05, 4.69) is 42.0 Å². The molecule has 3 aromatic rings. The zero-order valence-corrected chi connectivity index (χ0v) is 18.4. The van der Waals surface area contributed by atoms with Crippen LogP contribution in [0.1, 0.15) is 29.4 Å². The Morgan fingerprint density at radius 3 is 2.72 bits per heavy atom. The summed E-state index contributed by atoms with van der Waals surface area (Å²) in [6.45, 7) is 3.31. The van der Waals surface area contributed by atoms with Crippen molar-refractivity contribution in [3.63, 3.8) is 0 Å². The van der Waals surface area contributed by atoms with Crippen LogP contribution in [-0.4, -0.2) is 35.2 Å². The molecule has 0 atom stereocenters. The third kappa shape index (κ3) is 7.08. The van der Waals surface area contributed by atoms with Crippen molar-refractivity contribution in [1.29, 1.82) is 0 Å². The zero-order valence-electron chi connectivity index (χ0n) is 18.4. The number of nitrogens with one attached hydrogen (secondary N) is 2. The van der Waals surface area contributed by atoms with Crippen molar-refractivity contribution in [1.82, 2.24) is 20.2 Å². The van der Waals surface area contributed by atoms with Gasteiger partial charge in [-0.15, -0.1) is 0 Å². The maximum atomic E-state index is 12.7. The molecule has 0 fully saturated rings. The summed E-state index contributed by atoms with van der Waals surface area (Å²) in [5.74, 6) is 1.73. The maximum Gasteiger partial charge on any atom is 0.387 e. The van der Waals surface area contributed by atoms with Crippen molar-refractivity contribution in [3.05, 3.63) is 83.4 Å². The highest BCUT2D eigenvalue weighted by molar-refractivity contribution is 5.79. The Balaban J connectivity index is 1.60. The lowest BCUT2D eigenvalue weighted by Crippen LogP contribution is -2.38. The summed E-state index contributed by atoms with van der Waals surface area (Å²) in [5, 5.41) is 6.48. The van der Waals surface area contributed by atoms with Gasteiger partial charge in [-0.2, -0.15) is 8.78 Å². The molecule has 0 radical (unpaired) electrons. The average molecular weight is 442 g/mol. The number of rotatable bonds is 10. The number of nitrogens with zero attached hydrogens (tertiary/aromatic N) is 3. The van der Waals surface area contributed by atoms with E-state index in [-0.39, 0.29) is 12.3 Å². The summed E-state index contributed by atoms with van der Waals surface area (Å²) in [6, 6.07) is 15.3. The van der Waals surface area contributed by atoms with E-state index in [1.165, 1.54) is 5.56 Å². The quantitative estimate of drug-likeness (QED) is 0.367. The summed E-state index contributed by atoms with van der Waals surface area (Å²) in [7, 11) is 0. The summed E-state index contributed by atoms with van der Waals surface area (Å²) >= 11 is 0. The van der Waals surface area contributed by atoms with Crippen LogP contribution in [0.5, 0.6) is 5.75 Å². The van der Waals surface area contributed by atoms with Gasteiger partial charge in [-0.05, 0) is 25.5 Å². The minimum absolute atomic E-state index is 0.146. The summed E-state index contributed by atoms with van der Waals surface area (Å²) < 4.78 is 32.2. The fourth-order valence-corrected chi connectivity index (χ4v) is 3.33. The molecule has 0 saturated heterocycles. The third-order valence-electron chi connectivity index (χ3n) is 4.82. The molecule has 2 aromatic carbocycles. The maximum absolute atomic E-state index is 12.7. The van der Waals surface area contributed by atoms with Crippen LogP contribution in [0.3, 0.4) is 0 Å². The number of hydrogen-bond donors (Lipinski definition) is 2. The van der Waals surface area contributed by atoms with Crippen LogP contribution in [-0.2, 0) is 19.5 Å². The first-order valence-corrected chi connectivity index (χ1v) is 10.7. The van der Waals surface area contributed by atoms with Crippen molar-refractivity contribution < 1.29 is 13.5 Å². The van der Waals surface area contributed by atoms with Gasteiger partial charge in [0.2, 0.25) is 0 Å². The van der Waals surface area contributed by atoms with Crippen molar-refractivity contribution in [2.24, 2.45) is 4.99 Å². The van der Waals surface area contributed by atoms with Crippen LogP contribution in [0.4, 0.5) is 8.78 Å². The van der Waals surface area contributed by atoms with Gasteiger partial charge >= 0.3 is 6.61 Å². The Bertz CT molecular complexity index is 1000. The monoisotopic (exact) mass is 441 g/mol. The van der Waals surface area contributed by atoms with Gasteiger partial charge in [-0.1, -0.05) is 48.0 Å². The average Bonchev–Trinajstić information content (AvgIpc) is 3.21. The summed E-state index contributed by atoms with van der Waals surface area (Å²) in [5.41, 5.74) is 2.79. The molecule has 0 spiro atoms. The standard InChI is InChI=1S/C24H29F2N5O/c1-3-27-24(30-16-20-15-18(2)9-10-21(20)32-23(25)26)29-12-11-22-28-13-14-31(22)17-19-7-5-4-6-8-19/h4-10,13-15,23H,3,11-12,16-17H2,1-2H3,(H2,27,29,30). The van der Waals surface area contributed by atoms with E-state index in [0.29, 0.717) is 31.0 Å². The van der Waals surface area contributed by atoms with Crippen molar-refractivity contribution in [2.75, 3.05) is 13.1 Å². The number of ether oxygens (including phenoxy) is 1. The molecule has 0 aliphatic heterocycles. The number of aliphatic imine (C=N–C) groups is 1. The molecule has 0 amide bonds. The van der Waals surface area contributed by atoms with Gasteiger partial charge < -0.3 is 19.9 Å². The molecule has 1 heterocycles.